The number of nitrogens with one attached hydrogen (secondary N) is 3. The van der Waals surface area contributed by atoms with Gasteiger partial charge in [0.25, 0.3) is 0 Å². The summed E-state index contributed by atoms with van der Waals surface area (Å²) in [6, 6.07) is 12.4. The molecule has 0 aliphatic heterocycles. The van der Waals surface area contributed by atoms with Crippen molar-refractivity contribution in [3.63, 3.8) is 0 Å². The first-order chi connectivity index (χ1) is 19.5. The Balaban J connectivity index is 0.000000571. The summed E-state index contributed by atoms with van der Waals surface area (Å²) in [7, 11) is 1.95. The molecule has 1 unspecified atom stereocenters. The highest BCUT2D eigenvalue weighted by Crippen LogP contribution is 2.34. The Bertz CT molecular complexity index is 1380. The zero-order chi connectivity index (χ0) is 30.7. The van der Waals surface area contributed by atoms with Gasteiger partial charge in [-0.3, -0.25) is 14.9 Å². The number of H-pyrrole nitrogens is 1. The maximum absolute atomic E-state index is 11.9. The Kier molecular flexibility index (Phi) is 12.9. The van der Waals surface area contributed by atoms with Crippen LogP contribution in [-0.2, 0) is 4.79 Å². The van der Waals surface area contributed by atoms with E-state index >= 15 is 0 Å². The van der Waals surface area contributed by atoms with Crippen LogP contribution in [0.1, 0.15) is 89.5 Å². The van der Waals surface area contributed by atoms with Gasteiger partial charge in [-0.1, -0.05) is 64.8 Å². The third kappa shape index (κ3) is 9.39. The normalized spacial score (nSPS) is 14.4. The minimum absolute atomic E-state index is 0.315. The molecule has 0 radical (unpaired) electrons. The average molecular weight is 560 g/mol. The van der Waals surface area contributed by atoms with Crippen molar-refractivity contribution in [3.05, 3.63) is 70.5 Å². The van der Waals surface area contributed by atoms with Crippen molar-refractivity contribution >= 4 is 33.9 Å². The van der Waals surface area contributed by atoms with Gasteiger partial charge < -0.3 is 22.2 Å². The summed E-state index contributed by atoms with van der Waals surface area (Å²) in [5.74, 6) is -0.825. The lowest BCUT2D eigenvalue weighted by atomic mass is 9.95. The van der Waals surface area contributed by atoms with E-state index < -0.39 is 11.8 Å². The number of aryl methyl sites for hydroxylation is 1. The standard InChI is InChI=1S/C25H28N6O.C4H11N.C4H10/c1-13-7-10-20-19(12-29-31-20)21(13)24(22(26)14(2)25(28)32)30-15(3)17-5-4-6-18(11-17)23(27)16-8-9-16;1-4(2)5-3;1-3-4-2/h4-7,10-12,14,16,27H,8-9,26H2,1-3H3,(H2,28,32)(H,29,31);4-5H,1-3H3;3-4H2,1-2H3/b24-22+,27-23?,30-15?;;. The molecule has 1 aliphatic carbocycles. The number of carbonyl (C=O) groups excluding carboxylic acids is 1. The fourth-order valence-corrected chi connectivity index (χ4v) is 3.82. The number of fused-ring (bicyclic) bond motifs is 1. The molecule has 3 aromatic rings. The van der Waals surface area contributed by atoms with Crippen molar-refractivity contribution in [2.24, 2.45) is 28.3 Å². The van der Waals surface area contributed by atoms with Gasteiger partial charge in [-0.05, 0) is 69.5 Å². The number of rotatable bonds is 9. The average Bonchev–Trinajstić information content (AvgIpc) is 3.72. The molecule has 1 aliphatic rings. The van der Waals surface area contributed by atoms with Gasteiger partial charge in [-0.25, -0.2) is 0 Å². The summed E-state index contributed by atoms with van der Waals surface area (Å²) in [6.07, 6.45) is 6.54. The molecule has 1 heterocycles. The van der Waals surface area contributed by atoms with Crippen LogP contribution < -0.4 is 16.8 Å². The fraction of sp³-hybridized carbons (Fsp3) is 0.455. The number of nitrogens with zero attached hydrogens (tertiary/aromatic N) is 2. The number of primary amides is 1. The Labute approximate surface area is 245 Å². The van der Waals surface area contributed by atoms with Crippen LogP contribution in [0.5, 0.6) is 0 Å². The zero-order valence-electron chi connectivity index (χ0n) is 26.1. The van der Waals surface area contributed by atoms with Crippen LogP contribution in [0.15, 0.2) is 53.3 Å². The van der Waals surface area contributed by atoms with E-state index in [0.717, 1.165) is 51.7 Å². The predicted molar refractivity (Wildman–Crippen MR) is 173 cm³/mol. The SMILES string of the molecule is CC(=N/C(=C(/N)C(C)C(N)=O)c1c(C)ccc2[nH]ncc12)c1cccc(C(=N)C2CC2)c1.CCCC.CNC(C)C. The molecule has 1 aromatic heterocycles. The van der Waals surface area contributed by atoms with Gasteiger partial charge in [0.05, 0.1) is 23.3 Å². The lowest BCUT2D eigenvalue weighted by Crippen LogP contribution is -2.26. The second-order valence-electron chi connectivity index (χ2n) is 10.9. The summed E-state index contributed by atoms with van der Waals surface area (Å²) < 4.78 is 0. The van der Waals surface area contributed by atoms with E-state index in [1.807, 2.05) is 57.3 Å². The van der Waals surface area contributed by atoms with Crippen LogP contribution in [0, 0.1) is 24.2 Å². The molecule has 8 nitrogen and oxygen atoms in total. The number of aromatic amines is 1. The van der Waals surface area contributed by atoms with Gasteiger partial charge in [0.1, 0.15) is 0 Å². The number of nitrogens with two attached hydrogens (primary N) is 2. The van der Waals surface area contributed by atoms with E-state index in [4.69, 9.17) is 21.9 Å². The molecule has 8 heteroatoms. The predicted octanol–water partition coefficient (Wildman–Crippen LogP) is 6.33. The second kappa shape index (κ2) is 15.9. The van der Waals surface area contributed by atoms with E-state index in [-0.39, 0.29) is 0 Å². The zero-order valence-corrected chi connectivity index (χ0v) is 26.1. The first-order valence-corrected chi connectivity index (χ1v) is 14.6. The number of hydrogen-bond donors (Lipinski definition) is 5. The maximum Gasteiger partial charge on any atom is 0.226 e. The Morgan fingerprint density at radius 3 is 2.27 bits per heavy atom. The third-order valence-electron chi connectivity index (χ3n) is 7.17. The summed E-state index contributed by atoms with van der Waals surface area (Å²) in [5, 5.41) is 19.4. The number of benzene rings is 2. The van der Waals surface area contributed by atoms with Crippen LogP contribution >= 0.6 is 0 Å². The second-order valence-corrected chi connectivity index (χ2v) is 10.9. The Morgan fingerprint density at radius 1 is 1.12 bits per heavy atom. The summed E-state index contributed by atoms with van der Waals surface area (Å²) >= 11 is 0. The summed E-state index contributed by atoms with van der Waals surface area (Å²) in [4.78, 5) is 16.9. The molecule has 0 bridgehead atoms. The van der Waals surface area contributed by atoms with Crippen molar-refractivity contribution in [1.29, 1.82) is 5.41 Å². The van der Waals surface area contributed by atoms with Gasteiger partial charge in [0.15, 0.2) is 0 Å². The Hall–Kier alpha value is -3.78. The van der Waals surface area contributed by atoms with E-state index in [1.165, 1.54) is 12.8 Å². The van der Waals surface area contributed by atoms with E-state index in [9.17, 15) is 4.79 Å². The first-order valence-electron chi connectivity index (χ1n) is 14.6. The molecule has 1 amide bonds. The maximum atomic E-state index is 11.9. The van der Waals surface area contributed by atoms with Gasteiger partial charge in [0, 0.05) is 40.0 Å². The molecular weight excluding hydrogens is 510 g/mol. The Morgan fingerprint density at radius 2 is 1.73 bits per heavy atom. The van der Waals surface area contributed by atoms with Gasteiger partial charge >= 0.3 is 0 Å². The minimum atomic E-state index is -0.683. The molecule has 222 valence electrons. The van der Waals surface area contributed by atoms with Crippen molar-refractivity contribution < 1.29 is 4.79 Å². The van der Waals surface area contributed by atoms with Crippen LogP contribution in [0.25, 0.3) is 16.6 Å². The molecule has 7 N–H and O–H groups in total. The quantitative estimate of drug-likeness (QED) is 0.195. The molecule has 1 atom stereocenters. The van der Waals surface area contributed by atoms with Crippen molar-refractivity contribution in [2.75, 3.05) is 7.05 Å². The first kappa shape index (κ1) is 33.4. The lowest BCUT2D eigenvalue weighted by Gasteiger charge is -2.16. The molecular formula is C33H49N7O. The lowest BCUT2D eigenvalue weighted by molar-refractivity contribution is -0.120. The highest BCUT2D eigenvalue weighted by molar-refractivity contribution is 6.07. The molecule has 1 fully saturated rings. The number of amides is 1. The van der Waals surface area contributed by atoms with E-state index in [0.29, 0.717) is 29.1 Å². The number of aliphatic imine (C=N–C) groups is 1. The summed E-state index contributed by atoms with van der Waals surface area (Å²) in [5.41, 5.74) is 18.8. The van der Waals surface area contributed by atoms with Crippen LogP contribution in [-0.4, -0.2) is 40.6 Å². The topological polar surface area (TPSA) is 146 Å². The molecule has 0 spiro atoms. The summed E-state index contributed by atoms with van der Waals surface area (Å²) in [6.45, 7) is 14.2. The van der Waals surface area contributed by atoms with Gasteiger partial charge in [-0.15, -0.1) is 0 Å². The van der Waals surface area contributed by atoms with Crippen molar-refractivity contribution in [1.82, 2.24) is 15.5 Å². The monoisotopic (exact) mass is 559 g/mol. The van der Waals surface area contributed by atoms with Crippen LogP contribution in [0.4, 0.5) is 0 Å². The number of unbranched alkanes of at least 4 members (excludes halogenated alkanes) is 1. The van der Waals surface area contributed by atoms with Gasteiger partial charge in [0.2, 0.25) is 5.91 Å². The third-order valence-corrected chi connectivity index (χ3v) is 7.17. The van der Waals surface area contributed by atoms with E-state index in [1.54, 1.807) is 13.1 Å². The molecule has 1 saturated carbocycles. The van der Waals surface area contributed by atoms with Gasteiger partial charge in [-0.2, -0.15) is 5.10 Å². The molecule has 4 rings (SSSR count). The number of carbonyl (C=O) groups is 1. The highest BCUT2D eigenvalue weighted by Gasteiger charge is 2.27. The molecule has 2 aromatic carbocycles. The van der Waals surface area contributed by atoms with Crippen LogP contribution in [0.2, 0.25) is 0 Å². The number of hydrogen-bond acceptors (Lipinski definition) is 6. The van der Waals surface area contributed by atoms with Crippen LogP contribution in [0.3, 0.4) is 0 Å². The number of aromatic nitrogens is 2. The largest absolute Gasteiger partial charge is 0.400 e. The molecule has 0 saturated heterocycles. The molecule has 41 heavy (non-hydrogen) atoms. The smallest absolute Gasteiger partial charge is 0.226 e. The van der Waals surface area contributed by atoms with E-state index in [2.05, 4.69) is 43.2 Å². The highest BCUT2D eigenvalue weighted by atomic mass is 16.1. The van der Waals surface area contributed by atoms with Crippen molar-refractivity contribution in [3.8, 4) is 0 Å². The van der Waals surface area contributed by atoms with Crippen molar-refractivity contribution in [2.45, 2.75) is 80.2 Å². The fourth-order valence-electron chi connectivity index (χ4n) is 3.82. The minimum Gasteiger partial charge on any atom is -0.400 e.